The summed E-state index contributed by atoms with van der Waals surface area (Å²) in [7, 11) is 6.50. The van der Waals surface area contributed by atoms with Crippen molar-refractivity contribution in [3.8, 4) is 22.9 Å². The van der Waals surface area contributed by atoms with Gasteiger partial charge in [0.15, 0.2) is 0 Å². The molecule has 3 rings (SSSR count). The largest absolute Gasteiger partial charge is 0.487 e. The van der Waals surface area contributed by atoms with Gasteiger partial charge in [-0.05, 0) is 43.2 Å². The highest BCUT2D eigenvalue weighted by Gasteiger charge is 2.21. The lowest BCUT2D eigenvalue weighted by molar-refractivity contribution is 0.247. The van der Waals surface area contributed by atoms with Gasteiger partial charge < -0.3 is 14.8 Å². The maximum Gasteiger partial charge on any atom is 0.343 e. The molecule has 2 amide bonds. The van der Waals surface area contributed by atoms with Crippen molar-refractivity contribution in [1.82, 2.24) is 15.1 Å². The molecule has 10 heteroatoms. The van der Waals surface area contributed by atoms with Gasteiger partial charge in [0.05, 0.1) is 30.6 Å². The van der Waals surface area contributed by atoms with Gasteiger partial charge in [0.25, 0.3) is 0 Å². The monoisotopic (exact) mass is 484 g/mol. The fourth-order valence-corrected chi connectivity index (χ4v) is 4.04. The summed E-state index contributed by atoms with van der Waals surface area (Å²) < 4.78 is 13.2. The Bertz CT molecular complexity index is 1210. The summed E-state index contributed by atoms with van der Waals surface area (Å²) in [5.41, 5.74) is 5.02. The molecule has 0 atom stereocenters. The minimum atomic E-state index is -0.399. The van der Waals surface area contributed by atoms with E-state index in [-0.39, 0.29) is 6.61 Å². The number of amides is 2. The quantitative estimate of drug-likeness (QED) is 0.345. The zero-order valence-electron chi connectivity index (χ0n) is 20.2. The van der Waals surface area contributed by atoms with E-state index in [0.717, 1.165) is 34.4 Å². The first kappa shape index (κ1) is 25.0. The first-order chi connectivity index (χ1) is 16.4. The molecule has 0 bridgehead atoms. The first-order valence-electron chi connectivity index (χ1n) is 10.8. The van der Waals surface area contributed by atoms with Crippen molar-refractivity contribution in [3.05, 3.63) is 58.1 Å². The first-order valence-corrected chi connectivity index (χ1v) is 11.2. The zero-order chi connectivity index (χ0) is 24.8. The van der Waals surface area contributed by atoms with Gasteiger partial charge in [-0.25, -0.2) is 9.48 Å². The van der Waals surface area contributed by atoms with Gasteiger partial charge in [-0.3, -0.25) is 0 Å². The van der Waals surface area contributed by atoms with Crippen LogP contribution in [0.3, 0.4) is 0 Å². The molecule has 3 aromatic rings. The normalized spacial score (nSPS) is 11.0. The number of aromatic nitrogens is 2. The lowest BCUT2D eigenvalue weighted by atomic mass is 10.0. The van der Waals surface area contributed by atoms with Crippen molar-refractivity contribution < 1.29 is 14.3 Å². The van der Waals surface area contributed by atoms with Crippen LogP contribution in [-0.4, -0.2) is 37.0 Å². The smallest absolute Gasteiger partial charge is 0.343 e. The minimum absolute atomic E-state index is 0.196. The number of hydrogen-bond donors (Lipinski definition) is 1. The van der Waals surface area contributed by atoms with Crippen LogP contribution in [0.15, 0.2) is 46.7 Å². The van der Waals surface area contributed by atoms with Crippen LogP contribution in [0.4, 0.5) is 10.5 Å². The van der Waals surface area contributed by atoms with Crippen LogP contribution in [-0.2, 0) is 20.1 Å². The van der Waals surface area contributed by atoms with Crippen LogP contribution in [0, 0.1) is 6.92 Å². The van der Waals surface area contributed by atoms with Crippen molar-refractivity contribution in [2.75, 3.05) is 26.2 Å². The van der Waals surface area contributed by atoms with Crippen molar-refractivity contribution in [2.24, 2.45) is 17.4 Å². The molecule has 0 unspecified atom stereocenters. The number of anilines is 1. The number of urea groups is 1. The third-order valence-corrected chi connectivity index (χ3v) is 5.73. The van der Waals surface area contributed by atoms with Crippen LogP contribution in [0.25, 0.3) is 11.3 Å². The lowest BCUT2D eigenvalue weighted by Gasteiger charge is -2.21. The standard InChI is InChI=1S/C24H29ClN6O3/c1-7-16-9-8-10-20(31(29-27-4)24(32)26-3)18(16)14-34-21-12-11-17(13-19(21)25)22-15(2)23(33-6)30(5)28-22/h8-13H,7,14H2,1-6H3,(H,26,32)/b29-27-. The second-order valence-corrected chi connectivity index (χ2v) is 7.87. The molecular formula is C24H29ClN6O3. The predicted octanol–water partition coefficient (Wildman–Crippen LogP) is 5.34. The van der Waals surface area contributed by atoms with Gasteiger partial charge in [-0.1, -0.05) is 35.9 Å². The third-order valence-electron chi connectivity index (χ3n) is 5.43. The number of halogens is 1. The molecule has 0 fully saturated rings. The van der Waals surface area contributed by atoms with Gasteiger partial charge in [-0.15, -0.1) is 0 Å². The average molecular weight is 485 g/mol. The van der Waals surface area contributed by atoms with E-state index in [1.54, 1.807) is 18.8 Å². The summed E-state index contributed by atoms with van der Waals surface area (Å²) >= 11 is 6.58. The van der Waals surface area contributed by atoms with Crippen LogP contribution in [0.5, 0.6) is 11.6 Å². The van der Waals surface area contributed by atoms with E-state index in [9.17, 15) is 4.79 Å². The number of nitrogens with one attached hydrogen (secondary N) is 1. The van der Waals surface area contributed by atoms with Crippen LogP contribution in [0.1, 0.15) is 23.6 Å². The van der Waals surface area contributed by atoms with Gasteiger partial charge in [0.2, 0.25) is 5.88 Å². The summed E-state index contributed by atoms with van der Waals surface area (Å²) in [6, 6.07) is 10.8. The Kier molecular flexibility index (Phi) is 8.12. The third kappa shape index (κ3) is 4.99. The summed E-state index contributed by atoms with van der Waals surface area (Å²) in [5.74, 6) is 1.21. The van der Waals surface area contributed by atoms with E-state index in [2.05, 4.69) is 20.8 Å². The average Bonchev–Trinajstić information content (AvgIpc) is 3.13. The SMILES string of the molecule is CCc1cccc(N(/N=N\C)C(=O)NC)c1COc1ccc(-c2nn(C)c(OC)c2C)cc1Cl. The molecule has 0 saturated carbocycles. The van der Waals surface area contributed by atoms with Crippen molar-refractivity contribution >= 4 is 23.3 Å². The number of rotatable bonds is 8. The molecule has 1 aromatic heterocycles. The molecular weight excluding hydrogens is 456 g/mol. The Morgan fingerprint density at radius 3 is 2.65 bits per heavy atom. The highest BCUT2D eigenvalue weighted by Crippen LogP contribution is 2.35. The second kappa shape index (κ2) is 11.0. The van der Waals surface area contributed by atoms with Crippen LogP contribution < -0.4 is 19.8 Å². The molecule has 0 aliphatic heterocycles. The second-order valence-electron chi connectivity index (χ2n) is 7.47. The number of ether oxygens (including phenoxy) is 2. The van der Waals surface area contributed by atoms with Gasteiger partial charge in [-0.2, -0.15) is 15.2 Å². The summed E-state index contributed by atoms with van der Waals surface area (Å²) in [6.45, 7) is 4.19. The predicted molar refractivity (Wildman–Crippen MR) is 133 cm³/mol. The van der Waals surface area contributed by atoms with E-state index in [1.807, 2.05) is 57.3 Å². The molecule has 0 saturated heterocycles. The number of carbonyl (C=O) groups is 1. The van der Waals surface area contributed by atoms with Gasteiger partial charge >= 0.3 is 6.03 Å². The summed E-state index contributed by atoms with van der Waals surface area (Å²) in [4.78, 5) is 12.4. The molecule has 0 aliphatic carbocycles. The number of carbonyl (C=O) groups excluding carboxylic acids is 1. The van der Waals surface area contributed by atoms with Crippen molar-refractivity contribution in [2.45, 2.75) is 26.9 Å². The molecule has 9 nitrogen and oxygen atoms in total. The van der Waals surface area contributed by atoms with Crippen LogP contribution >= 0.6 is 11.6 Å². The van der Waals surface area contributed by atoms with Gasteiger partial charge in [0, 0.05) is 30.8 Å². The number of aryl methyl sites for hydroxylation is 2. The lowest BCUT2D eigenvalue weighted by Crippen LogP contribution is -2.34. The topological polar surface area (TPSA) is 93.3 Å². The summed E-state index contributed by atoms with van der Waals surface area (Å²) in [6.07, 6.45) is 0.755. The molecule has 1 heterocycles. The zero-order valence-corrected chi connectivity index (χ0v) is 21.0. The molecule has 1 N–H and O–H groups in total. The molecule has 0 radical (unpaired) electrons. The van der Waals surface area contributed by atoms with E-state index >= 15 is 0 Å². The molecule has 2 aromatic carbocycles. The van der Waals surface area contributed by atoms with Crippen LogP contribution in [0.2, 0.25) is 5.02 Å². The van der Waals surface area contributed by atoms with Crippen molar-refractivity contribution in [3.63, 3.8) is 0 Å². The Labute approximate surface area is 204 Å². The van der Waals surface area contributed by atoms with E-state index in [0.29, 0.717) is 22.3 Å². The highest BCUT2D eigenvalue weighted by molar-refractivity contribution is 6.32. The Balaban J connectivity index is 1.92. The summed E-state index contributed by atoms with van der Waals surface area (Å²) in [5, 5.41) is 16.6. The Morgan fingerprint density at radius 1 is 1.29 bits per heavy atom. The molecule has 0 spiro atoms. The van der Waals surface area contributed by atoms with E-state index in [4.69, 9.17) is 21.1 Å². The molecule has 34 heavy (non-hydrogen) atoms. The van der Waals surface area contributed by atoms with E-state index in [1.165, 1.54) is 12.1 Å². The molecule has 180 valence electrons. The van der Waals surface area contributed by atoms with Crippen molar-refractivity contribution in [1.29, 1.82) is 0 Å². The number of benzene rings is 2. The number of hydrogen-bond acceptors (Lipinski definition) is 6. The maximum absolute atomic E-state index is 12.4. The Morgan fingerprint density at radius 2 is 2.06 bits per heavy atom. The van der Waals surface area contributed by atoms with E-state index < -0.39 is 6.03 Å². The highest BCUT2D eigenvalue weighted by atomic mass is 35.5. The fraction of sp³-hybridized carbons (Fsp3) is 0.333. The fourth-order valence-electron chi connectivity index (χ4n) is 3.80. The minimum Gasteiger partial charge on any atom is -0.487 e. The number of nitrogens with zero attached hydrogens (tertiary/aromatic N) is 5. The van der Waals surface area contributed by atoms with Gasteiger partial charge in [0.1, 0.15) is 12.4 Å². The molecule has 0 aliphatic rings. The maximum atomic E-state index is 12.4. The number of methoxy groups -OCH3 is 1. The Hall–Kier alpha value is -3.59.